The van der Waals surface area contributed by atoms with E-state index < -0.39 is 0 Å². The molecule has 1 aliphatic carbocycles. The van der Waals surface area contributed by atoms with E-state index in [1.54, 1.807) is 7.11 Å². The summed E-state index contributed by atoms with van der Waals surface area (Å²) in [4.78, 5) is 0. The van der Waals surface area contributed by atoms with Gasteiger partial charge in [0.05, 0.1) is 13.2 Å². The lowest BCUT2D eigenvalue weighted by atomic mass is 10.0. The predicted octanol–water partition coefficient (Wildman–Crippen LogP) is 2.90. The first kappa shape index (κ1) is 13.4. The number of rotatable bonds is 7. The SMILES string of the molecule is COc1cccc(C(OCCC2CC2)C(C)N)c1. The first-order chi connectivity index (χ1) is 8.70. The summed E-state index contributed by atoms with van der Waals surface area (Å²) in [7, 11) is 1.67. The van der Waals surface area contributed by atoms with Crippen molar-refractivity contribution in [1.29, 1.82) is 0 Å². The molecule has 2 atom stereocenters. The van der Waals surface area contributed by atoms with E-state index >= 15 is 0 Å². The summed E-state index contributed by atoms with van der Waals surface area (Å²) >= 11 is 0. The molecule has 1 saturated carbocycles. The fourth-order valence-electron chi connectivity index (χ4n) is 2.14. The molecule has 2 N–H and O–H groups in total. The van der Waals surface area contributed by atoms with Crippen LogP contribution in [0.25, 0.3) is 0 Å². The molecule has 3 nitrogen and oxygen atoms in total. The van der Waals surface area contributed by atoms with Gasteiger partial charge in [0.15, 0.2) is 0 Å². The van der Waals surface area contributed by atoms with E-state index in [1.807, 2.05) is 31.2 Å². The fourth-order valence-corrected chi connectivity index (χ4v) is 2.14. The lowest BCUT2D eigenvalue weighted by Gasteiger charge is -2.22. The van der Waals surface area contributed by atoms with Crippen molar-refractivity contribution in [2.24, 2.45) is 11.7 Å². The average molecular weight is 249 g/mol. The van der Waals surface area contributed by atoms with Crippen molar-refractivity contribution >= 4 is 0 Å². The molecule has 0 spiro atoms. The van der Waals surface area contributed by atoms with Gasteiger partial charge in [-0.25, -0.2) is 0 Å². The summed E-state index contributed by atoms with van der Waals surface area (Å²) in [5.74, 6) is 1.74. The third-order valence-corrected chi connectivity index (χ3v) is 3.42. The molecule has 1 aromatic carbocycles. The molecule has 0 bridgehead atoms. The molecule has 1 fully saturated rings. The Bertz CT molecular complexity index is 375. The van der Waals surface area contributed by atoms with E-state index in [4.69, 9.17) is 15.2 Å². The van der Waals surface area contributed by atoms with Gasteiger partial charge < -0.3 is 15.2 Å². The molecule has 0 aliphatic heterocycles. The van der Waals surface area contributed by atoms with Crippen molar-refractivity contribution in [2.45, 2.75) is 38.3 Å². The lowest BCUT2D eigenvalue weighted by molar-refractivity contribution is 0.0345. The van der Waals surface area contributed by atoms with Gasteiger partial charge in [0, 0.05) is 12.6 Å². The lowest BCUT2D eigenvalue weighted by Crippen LogP contribution is -2.27. The number of benzene rings is 1. The molecule has 100 valence electrons. The van der Waals surface area contributed by atoms with Crippen LogP contribution in [0.1, 0.15) is 37.9 Å². The highest BCUT2D eigenvalue weighted by molar-refractivity contribution is 5.30. The number of hydrogen-bond acceptors (Lipinski definition) is 3. The van der Waals surface area contributed by atoms with Crippen LogP contribution in [0.2, 0.25) is 0 Å². The minimum absolute atomic E-state index is 0.0173. The smallest absolute Gasteiger partial charge is 0.119 e. The highest BCUT2D eigenvalue weighted by atomic mass is 16.5. The molecule has 0 aromatic heterocycles. The van der Waals surface area contributed by atoms with Crippen LogP contribution in [0.3, 0.4) is 0 Å². The van der Waals surface area contributed by atoms with E-state index in [1.165, 1.54) is 12.8 Å². The second kappa shape index (κ2) is 6.21. The van der Waals surface area contributed by atoms with Gasteiger partial charge in [-0.1, -0.05) is 25.0 Å². The number of methoxy groups -OCH3 is 1. The van der Waals surface area contributed by atoms with E-state index in [2.05, 4.69) is 0 Å². The van der Waals surface area contributed by atoms with Crippen LogP contribution in [-0.2, 0) is 4.74 Å². The van der Waals surface area contributed by atoms with Crippen molar-refractivity contribution in [2.75, 3.05) is 13.7 Å². The molecule has 1 aliphatic rings. The summed E-state index contributed by atoms with van der Waals surface area (Å²) in [6.07, 6.45) is 3.85. The Balaban J connectivity index is 1.97. The summed E-state index contributed by atoms with van der Waals surface area (Å²) < 4.78 is 11.2. The quantitative estimate of drug-likeness (QED) is 0.808. The van der Waals surface area contributed by atoms with Gasteiger partial charge in [-0.2, -0.15) is 0 Å². The van der Waals surface area contributed by atoms with Crippen molar-refractivity contribution in [1.82, 2.24) is 0 Å². The normalized spacial score (nSPS) is 18.4. The second-order valence-electron chi connectivity index (χ2n) is 5.16. The average Bonchev–Trinajstić information content (AvgIpc) is 3.18. The first-order valence-electron chi connectivity index (χ1n) is 6.72. The minimum Gasteiger partial charge on any atom is -0.497 e. The Hall–Kier alpha value is -1.06. The summed E-state index contributed by atoms with van der Waals surface area (Å²) in [5.41, 5.74) is 7.12. The van der Waals surface area contributed by atoms with Gasteiger partial charge in [-0.05, 0) is 37.0 Å². The highest BCUT2D eigenvalue weighted by Gasteiger charge is 2.23. The molecule has 2 unspecified atom stereocenters. The van der Waals surface area contributed by atoms with Crippen LogP contribution in [0.4, 0.5) is 0 Å². The Kier molecular flexibility index (Phi) is 4.61. The van der Waals surface area contributed by atoms with Crippen LogP contribution in [0.15, 0.2) is 24.3 Å². The molecular weight excluding hydrogens is 226 g/mol. The van der Waals surface area contributed by atoms with E-state index in [-0.39, 0.29) is 12.1 Å². The largest absolute Gasteiger partial charge is 0.497 e. The van der Waals surface area contributed by atoms with E-state index in [0.29, 0.717) is 0 Å². The van der Waals surface area contributed by atoms with Crippen LogP contribution < -0.4 is 10.5 Å². The maximum Gasteiger partial charge on any atom is 0.119 e. The molecule has 3 heteroatoms. The van der Waals surface area contributed by atoms with Crippen molar-refractivity contribution in [3.05, 3.63) is 29.8 Å². The van der Waals surface area contributed by atoms with E-state index in [0.717, 1.165) is 30.3 Å². The van der Waals surface area contributed by atoms with Crippen LogP contribution in [0.5, 0.6) is 5.75 Å². The van der Waals surface area contributed by atoms with Gasteiger partial charge in [0.25, 0.3) is 0 Å². The minimum atomic E-state index is -0.0427. The predicted molar refractivity (Wildman–Crippen MR) is 72.7 cm³/mol. The zero-order valence-corrected chi connectivity index (χ0v) is 11.3. The third kappa shape index (κ3) is 3.72. The standard InChI is InChI=1S/C15H23NO2/c1-11(16)15(18-9-8-12-6-7-12)13-4-3-5-14(10-13)17-2/h3-5,10-12,15H,6-9,16H2,1-2H3. The van der Waals surface area contributed by atoms with E-state index in [9.17, 15) is 0 Å². The third-order valence-electron chi connectivity index (χ3n) is 3.42. The Labute approximate surface area is 109 Å². The maximum absolute atomic E-state index is 6.03. The molecule has 0 amide bonds. The molecule has 1 aromatic rings. The number of ether oxygens (including phenoxy) is 2. The van der Waals surface area contributed by atoms with Gasteiger partial charge in [0.2, 0.25) is 0 Å². The number of hydrogen-bond donors (Lipinski definition) is 1. The molecular formula is C15H23NO2. The molecule has 0 heterocycles. The van der Waals surface area contributed by atoms with Crippen molar-refractivity contribution in [3.8, 4) is 5.75 Å². The Morgan fingerprint density at radius 1 is 1.39 bits per heavy atom. The van der Waals surface area contributed by atoms with Crippen LogP contribution in [0, 0.1) is 5.92 Å². The zero-order chi connectivity index (χ0) is 13.0. The highest BCUT2D eigenvalue weighted by Crippen LogP contribution is 2.33. The van der Waals surface area contributed by atoms with Crippen molar-refractivity contribution < 1.29 is 9.47 Å². The molecule has 0 saturated heterocycles. The summed E-state index contributed by atoms with van der Waals surface area (Å²) in [6.45, 7) is 2.79. The van der Waals surface area contributed by atoms with Gasteiger partial charge in [-0.3, -0.25) is 0 Å². The molecule has 0 radical (unpaired) electrons. The Morgan fingerprint density at radius 3 is 2.78 bits per heavy atom. The van der Waals surface area contributed by atoms with Gasteiger partial charge in [-0.15, -0.1) is 0 Å². The summed E-state index contributed by atoms with van der Waals surface area (Å²) in [5, 5.41) is 0. The monoisotopic (exact) mass is 249 g/mol. The topological polar surface area (TPSA) is 44.5 Å². The van der Waals surface area contributed by atoms with Crippen LogP contribution in [-0.4, -0.2) is 19.8 Å². The van der Waals surface area contributed by atoms with Gasteiger partial charge in [0.1, 0.15) is 5.75 Å². The second-order valence-corrected chi connectivity index (χ2v) is 5.16. The number of nitrogens with two attached hydrogens (primary N) is 1. The summed E-state index contributed by atoms with van der Waals surface area (Å²) in [6, 6.07) is 7.95. The van der Waals surface area contributed by atoms with Gasteiger partial charge >= 0.3 is 0 Å². The fraction of sp³-hybridized carbons (Fsp3) is 0.600. The maximum atomic E-state index is 6.03. The molecule has 2 rings (SSSR count). The first-order valence-corrected chi connectivity index (χ1v) is 6.72. The van der Waals surface area contributed by atoms with Crippen molar-refractivity contribution in [3.63, 3.8) is 0 Å². The zero-order valence-electron chi connectivity index (χ0n) is 11.3. The van der Waals surface area contributed by atoms with Crippen LogP contribution >= 0.6 is 0 Å². The molecule has 18 heavy (non-hydrogen) atoms. The Morgan fingerprint density at radius 2 is 2.17 bits per heavy atom.